The zero-order chi connectivity index (χ0) is 4.24. The summed E-state index contributed by atoms with van der Waals surface area (Å²) in [6.07, 6.45) is 2.96. The van der Waals surface area contributed by atoms with Gasteiger partial charge in [0.25, 0.3) is 0 Å². The zero-order valence-corrected chi connectivity index (χ0v) is 5.55. The monoisotopic (exact) mass is 116 g/mol. The highest BCUT2D eigenvalue weighted by atomic mass is 32.4. The molecule has 0 nitrogen and oxygen atoms in total. The first-order chi connectivity index (χ1) is 3.00. The second kappa shape index (κ2) is 2.69. The van der Waals surface area contributed by atoms with Gasteiger partial charge < -0.3 is 0 Å². The van der Waals surface area contributed by atoms with Crippen molar-refractivity contribution in [2.75, 3.05) is 5.75 Å². The van der Waals surface area contributed by atoms with Gasteiger partial charge in [0.05, 0.1) is 0 Å². The molecule has 2 heteroatoms. The maximum atomic E-state index is 2.12. The van der Waals surface area contributed by atoms with Crippen molar-refractivity contribution in [3.63, 3.8) is 0 Å². The summed E-state index contributed by atoms with van der Waals surface area (Å²) >= 11 is 2.12. The Hall–Kier alpha value is 0.567. The minimum Gasteiger partial charge on any atom is -0.190 e. The van der Waals surface area contributed by atoms with Gasteiger partial charge in [0.1, 0.15) is 8.67 Å². The summed E-state index contributed by atoms with van der Waals surface area (Å²) in [5.74, 6) is 1.43. The van der Waals surface area contributed by atoms with E-state index in [1.54, 1.807) is 0 Å². The molecule has 1 rings (SSSR count). The normalized spacial score (nSPS) is 24.0. The smallest absolute Gasteiger partial charge is 0.122 e. The average Bonchev–Trinajstić information content (AvgIpc) is 1.72. The molecule has 0 spiro atoms. The van der Waals surface area contributed by atoms with E-state index in [0.717, 1.165) is 0 Å². The third-order valence-electron chi connectivity index (χ3n) is 0.877. The maximum Gasteiger partial charge on any atom is 0.122 e. The number of hydrogen-bond acceptors (Lipinski definition) is 1. The van der Waals surface area contributed by atoms with Crippen LogP contribution in [0.15, 0.2) is 0 Å². The predicted octanol–water partition coefficient (Wildman–Crippen LogP) is 1.55. The van der Waals surface area contributed by atoms with Crippen LogP contribution in [0.5, 0.6) is 0 Å². The van der Waals surface area contributed by atoms with Crippen molar-refractivity contribution in [2.45, 2.75) is 18.9 Å². The maximum absolute atomic E-state index is 2.12. The Kier molecular flexibility index (Phi) is 2.12. The minimum atomic E-state index is 1.22. The second-order valence-electron chi connectivity index (χ2n) is 1.45. The molecular weight excluding hydrogens is 108 g/mol. The highest BCUT2D eigenvalue weighted by Gasteiger charge is 1.97. The number of hydrogen-bond donors (Lipinski definition) is 0. The molecule has 0 aliphatic carbocycles. The van der Waals surface area contributed by atoms with Crippen molar-refractivity contribution in [3.05, 3.63) is 0 Å². The van der Waals surface area contributed by atoms with E-state index < -0.39 is 0 Å². The van der Waals surface area contributed by atoms with Crippen LogP contribution in [-0.2, 0) is 0 Å². The van der Waals surface area contributed by atoms with Crippen molar-refractivity contribution >= 4 is 19.9 Å². The van der Waals surface area contributed by atoms with Crippen molar-refractivity contribution in [1.29, 1.82) is 0 Å². The topological polar surface area (TPSA) is 0 Å². The SMILES string of the molecule is C1CCS[Si]C1. The summed E-state index contributed by atoms with van der Waals surface area (Å²) < 4.78 is 0. The Bertz CT molecular complexity index is 23.0. The molecule has 1 aliphatic heterocycles. The molecule has 1 fully saturated rings. The average molecular weight is 116 g/mol. The van der Waals surface area contributed by atoms with Crippen LogP contribution >= 0.6 is 11.2 Å². The Morgan fingerprint density at radius 2 is 2.33 bits per heavy atom. The molecule has 0 aromatic heterocycles. The number of rotatable bonds is 0. The Labute approximate surface area is 45.2 Å². The molecule has 0 atom stereocenters. The molecule has 6 heavy (non-hydrogen) atoms. The van der Waals surface area contributed by atoms with Crippen LogP contribution < -0.4 is 0 Å². The molecule has 34 valence electrons. The lowest BCUT2D eigenvalue weighted by molar-refractivity contribution is 0.886. The van der Waals surface area contributed by atoms with Crippen LogP contribution in [0.3, 0.4) is 0 Å². The molecule has 0 amide bonds. The van der Waals surface area contributed by atoms with E-state index in [1.165, 1.54) is 33.3 Å². The molecule has 0 aromatic rings. The van der Waals surface area contributed by atoms with Crippen molar-refractivity contribution in [3.8, 4) is 0 Å². The molecule has 1 heterocycles. The van der Waals surface area contributed by atoms with Gasteiger partial charge in [-0.25, -0.2) is 0 Å². The summed E-state index contributed by atoms with van der Waals surface area (Å²) in [5, 5.41) is 0. The Morgan fingerprint density at radius 3 is 2.50 bits per heavy atom. The summed E-state index contributed by atoms with van der Waals surface area (Å²) in [6.45, 7) is 0. The van der Waals surface area contributed by atoms with Gasteiger partial charge in [0.15, 0.2) is 0 Å². The van der Waals surface area contributed by atoms with Gasteiger partial charge in [-0.05, 0) is 12.2 Å². The second-order valence-corrected chi connectivity index (χ2v) is 4.67. The first-order valence-electron chi connectivity index (χ1n) is 2.35. The third-order valence-corrected chi connectivity index (χ3v) is 3.97. The van der Waals surface area contributed by atoms with Gasteiger partial charge in [-0.2, -0.15) is 11.2 Å². The van der Waals surface area contributed by atoms with E-state index in [9.17, 15) is 0 Å². The van der Waals surface area contributed by atoms with E-state index in [-0.39, 0.29) is 0 Å². The van der Waals surface area contributed by atoms with Gasteiger partial charge >= 0.3 is 0 Å². The molecular formula is C4H8SSi. The molecule has 2 radical (unpaired) electrons. The molecule has 0 bridgehead atoms. The first kappa shape index (κ1) is 4.72. The fraction of sp³-hybridized carbons (Fsp3) is 1.00. The highest BCUT2D eigenvalue weighted by molar-refractivity contribution is 8.22. The standard InChI is InChI=1S/C4H8SSi/c1-2-4-6-5-3-1/h1-4H2. The lowest BCUT2D eigenvalue weighted by atomic mass is 10.4. The van der Waals surface area contributed by atoms with Crippen LogP contribution in [-0.4, -0.2) is 14.4 Å². The molecule has 0 saturated carbocycles. The molecule has 1 aliphatic rings. The van der Waals surface area contributed by atoms with Crippen LogP contribution in [0.1, 0.15) is 12.8 Å². The van der Waals surface area contributed by atoms with Gasteiger partial charge in [-0.15, -0.1) is 0 Å². The van der Waals surface area contributed by atoms with Gasteiger partial charge in [0, 0.05) is 0 Å². The quantitative estimate of drug-likeness (QED) is 0.433. The van der Waals surface area contributed by atoms with Gasteiger partial charge in [0.2, 0.25) is 0 Å². The largest absolute Gasteiger partial charge is 0.190 e. The van der Waals surface area contributed by atoms with Gasteiger partial charge in [-0.1, -0.05) is 12.5 Å². The van der Waals surface area contributed by atoms with E-state index >= 15 is 0 Å². The lowest BCUT2D eigenvalue weighted by Crippen LogP contribution is -1.94. The highest BCUT2D eigenvalue weighted by Crippen LogP contribution is 2.13. The Balaban J connectivity index is 2.00. The zero-order valence-electron chi connectivity index (χ0n) is 3.74. The van der Waals surface area contributed by atoms with Crippen LogP contribution in [0, 0.1) is 0 Å². The molecule has 1 saturated heterocycles. The predicted molar refractivity (Wildman–Crippen MR) is 32.3 cm³/mol. The summed E-state index contributed by atoms with van der Waals surface area (Å²) in [7, 11) is 1.22. The molecule has 0 N–H and O–H groups in total. The molecule has 0 aromatic carbocycles. The third kappa shape index (κ3) is 1.35. The summed E-state index contributed by atoms with van der Waals surface area (Å²) in [5.41, 5.74) is 0. The van der Waals surface area contributed by atoms with Crippen LogP contribution in [0.2, 0.25) is 6.04 Å². The van der Waals surface area contributed by atoms with E-state index in [1.807, 2.05) is 0 Å². The Morgan fingerprint density at radius 1 is 1.33 bits per heavy atom. The first-order valence-corrected chi connectivity index (χ1v) is 5.26. The van der Waals surface area contributed by atoms with E-state index in [0.29, 0.717) is 0 Å². The van der Waals surface area contributed by atoms with Gasteiger partial charge in [-0.3, -0.25) is 0 Å². The lowest BCUT2D eigenvalue weighted by Gasteiger charge is -2.04. The van der Waals surface area contributed by atoms with Crippen molar-refractivity contribution < 1.29 is 0 Å². The van der Waals surface area contributed by atoms with E-state index in [4.69, 9.17) is 0 Å². The van der Waals surface area contributed by atoms with Crippen molar-refractivity contribution in [2.24, 2.45) is 0 Å². The fourth-order valence-corrected chi connectivity index (χ4v) is 3.28. The minimum absolute atomic E-state index is 1.22. The van der Waals surface area contributed by atoms with Crippen molar-refractivity contribution in [1.82, 2.24) is 0 Å². The van der Waals surface area contributed by atoms with E-state index in [2.05, 4.69) is 11.2 Å². The molecule has 0 unspecified atom stereocenters. The van der Waals surface area contributed by atoms with Crippen LogP contribution in [0.25, 0.3) is 0 Å². The summed E-state index contributed by atoms with van der Waals surface area (Å²) in [6, 6.07) is 1.49. The fourth-order valence-electron chi connectivity index (χ4n) is 0.516. The van der Waals surface area contributed by atoms with Crippen LogP contribution in [0.4, 0.5) is 0 Å². The summed E-state index contributed by atoms with van der Waals surface area (Å²) in [4.78, 5) is 0.